The predicted molar refractivity (Wildman–Crippen MR) is 124 cm³/mol. The number of nitrogen functional groups attached to an aromatic ring is 1. The third-order valence-corrected chi connectivity index (χ3v) is 6.19. The fourth-order valence-corrected chi connectivity index (χ4v) is 4.58. The molecule has 2 aromatic carbocycles. The van der Waals surface area contributed by atoms with Crippen LogP contribution in [0.25, 0.3) is 11.1 Å². The van der Waals surface area contributed by atoms with E-state index < -0.39 is 0 Å². The van der Waals surface area contributed by atoms with Gasteiger partial charge in [-0.25, -0.2) is 4.98 Å². The van der Waals surface area contributed by atoms with Crippen molar-refractivity contribution in [3.05, 3.63) is 69.3 Å². The molecular weight excluding hydrogens is 454 g/mol. The van der Waals surface area contributed by atoms with Crippen LogP contribution < -0.4 is 20.2 Å². The van der Waals surface area contributed by atoms with Crippen LogP contribution in [-0.2, 0) is 19.4 Å². The smallest absolute Gasteiger partial charge is 0.289 e. The number of halogens is 1. The predicted octanol–water partition coefficient (Wildman–Crippen LogP) is 5.24. The largest absolute Gasteiger partial charge is 0.496 e. The van der Waals surface area contributed by atoms with E-state index in [9.17, 15) is 5.26 Å². The van der Waals surface area contributed by atoms with Gasteiger partial charge in [0, 0.05) is 27.6 Å². The van der Waals surface area contributed by atoms with Crippen molar-refractivity contribution in [2.24, 2.45) is 0 Å². The van der Waals surface area contributed by atoms with Crippen LogP contribution in [0.15, 0.2) is 46.9 Å². The number of benzene rings is 2. The summed E-state index contributed by atoms with van der Waals surface area (Å²) in [6.07, 6.45) is 5.30. The molecule has 158 valence electrons. The zero-order valence-corrected chi connectivity index (χ0v) is 19.1. The molecule has 0 amide bonds. The second-order valence-electron chi connectivity index (χ2n) is 7.69. The van der Waals surface area contributed by atoms with Gasteiger partial charge in [0.2, 0.25) is 0 Å². The SMILES string of the molecule is COc1ccc(-c2c(C#N)c(N)[nH+]c3c2CCCCC3)cc1COc1cccc(Br)c1. The van der Waals surface area contributed by atoms with Crippen molar-refractivity contribution in [3.8, 4) is 28.7 Å². The van der Waals surface area contributed by atoms with Gasteiger partial charge in [-0.05, 0) is 55.2 Å². The Labute approximate surface area is 191 Å². The Balaban J connectivity index is 1.78. The fraction of sp³-hybridized carbons (Fsp3) is 0.280. The molecule has 1 aliphatic carbocycles. The van der Waals surface area contributed by atoms with E-state index in [1.807, 2.05) is 36.4 Å². The third kappa shape index (κ3) is 4.52. The lowest BCUT2D eigenvalue weighted by atomic mass is 9.91. The van der Waals surface area contributed by atoms with Crippen LogP contribution in [-0.4, -0.2) is 7.11 Å². The summed E-state index contributed by atoms with van der Waals surface area (Å²) in [5.41, 5.74) is 11.9. The standard InChI is InChI=1S/C25H24BrN3O2/c1-30-23-11-10-16(12-17(23)15-31-19-7-5-6-18(26)13-19)24-20-8-3-2-4-9-22(20)29-25(28)21(24)14-27/h5-7,10-13H,2-4,8-9,15H2,1H3,(H2,28,29)/p+1. The van der Waals surface area contributed by atoms with Crippen LogP contribution >= 0.6 is 15.9 Å². The number of hydrogen-bond acceptors (Lipinski definition) is 4. The van der Waals surface area contributed by atoms with Crippen molar-refractivity contribution in [2.45, 2.75) is 38.7 Å². The fourth-order valence-electron chi connectivity index (χ4n) is 4.21. The van der Waals surface area contributed by atoms with Crippen LogP contribution in [0.5, 0.6) is 11.5 Å². The quantitative estimate of drug-likeness (QED) is 0.508. The Morgan fingerprint density at radius 1 is 1.13 bits per heavy atom. The Hall–Kier alpha value is -3.04. The van der Waals surface area contributed by atoms with E-state index in [-0.39, 0.29) is 0 Å². The Morgan fingerprint density at radius 3 is 2.74 bits per heavy atom. The number of aromatic nitrogens is 1. The summed E-state index contributed by atoms with van der Waals surface area (Å²) in [4.78, 5) is 3.29. The van der Waals surface area contributed by atoms with E-state index in [4.69, 9.17) is 15.2 Å². The van der Waals surface area contributed by atoms with Gasteiger partial charge in [0.05, 0.1) is 7.11 Å². The molecule has 3 aromatic rings. The molecule has 0 saturated heterocycles. The van der Waals surface area contributed by atoms with Crippen LogP contribution in [0.3, 0.4) is 0 Å². The second kappa shape index (κ2) is 9.40. The molecule has 4 rings (SSSR count). The Morgan fingerprint density at radius 2 is 1.97 bits per heavy atom. The summed E-state index contributed by atoms with van der Waals surface area (Å²) in [6, 6.07) is 16.1. The topological polar surface area (TPSA) is 82.4 Å². The molecule has 0 spiro atoms. The van der Waals surface area contributed by atoms with E-state index in [0.29, 0.717) is 18.0 Å². The number of nitriles is 1. The summed E-state index contributed by atoms with van der Waals surface area (Å²) in [5, 5.41) is 9.88. The summed E-state index contributed by atoms with van der Waals surface area (Å²) in [7, 11) is 1.65. The lowest BCUT2D eigenvalue weighted by Gasteiger charge is -2.16. The number of anilines is 1. The number of nitrogens with two attached hydrogens (primary N) is 1. The summed E-state index contributed by atoms with van der Waals surface area (Å²) in [6.45, 7) is 0.353. The van der Waals surface area contributed by atoms with E-state index in [1.165, 1.54) is 12.0 Å². The summed E-state index contributed by atoms with van der Waals surface area (Å²) >= 11 is 3.47. The molecule has 0 bridgehead atoms. The Kier molecular flexibility index (Phi) is 6.43. The number of methoxy groups -OCH3 is 1. The van der Waals surface area contributed by atoms with Gasteiger partial charge in [-0.15, -0.1) is 0 Å². The number of aromatic amines is 1. The molecule has 0 unspecified atom stereocenters. The van der Waals surface area contributed by atoms with E-state index >= 15 is 0 Å². The van der Waals surface area contributed by atoms with Crippen LogP contribution in [0.1, 0.15) is 41.6 Å². The molecule has 0 radical (unpaired) electrons. The number of ether oxygens (including phenoxy) is 2. The molecule has 0 fully saturated rings. The molecule has 0 saturated carbocycles. The normalized spacial score (nSPS) is 13.1. The number of nitrogens with one attached hydrogen (secondary N) is 1. The van der Waals surface area contributed by atoms with Gasteiger partial charge >= 0.3 is 0 Å². The highest BCUT2D eigenvalue weighted by atomic mass is 79.9. The van der Waals surface area contributed by atoms with E-state index in [1.54, 1.807) is 7.11 Å². The number of hydrogen-bond donors (Lipinski definition) is 1. The first-order chi connectivity index (χ1) is 15.1. The van der Waals surface area contributed by atoms with Gasteiger partial charge < -0.3 is 9.47 Å². The highest BCUT2D eigenvalue weighted by molar-refractivity contribution is 9.10. The van der Waals surface area contributed by atoms with Gasteiger partial charge in [0.15, 0.2) is 0 Å². The minimum Gasteiger partial charge on any atom is -0.496 e. The number of fused-ring (bicyclic) bond motifs is 1. The second-order valence-corrected chi connectivity index (χ2v) is 8.61. The first-order valence-electron chi connectivity index (χ1n) is 10.4. The third-order valence-electron chi connectivity index (χ3n) is 5.70. The first kappa shape index (κ1) is 21.2. The minimum atomic E-state index is 0.353. The molecule has 31 heavy (non-hydrogen) atoms. The summed E-state index contributed by atoms with van der Waals surface area (Å²) < 4.78 is 12.6. The minimum absolute atomic E-state index is 0.353. The van der Waals surface area contributed by atoms with Crippen molar-refractivity contribution in [1.82, 2.24) is 0 Å². The van der Waals surface area contributed by atoms with Gasteiger partial charge in [-0.3, -0.25) is 5.73 Å². The molecule has 3 N–H and O–H groups in total. The van der Waals surface area contributed by atoms with Gasteiger partial charge in [-0.1, -0.05) is 34.5 Å². The monoisotopic (exact) mass is 478 g/mol. The zero-order chi connectivity index (χ0) is 21.8. The van der Waals surface area contributed by atoms with Gasteiger partial charge in [0.1, 0.15) is 35.4 Å². The van der Waals surface area contributed by atoms with Crippen molar-refractivity contribution >= 4 is 21.7 Å². The zero-order valence-electron chi connectivity index (χ0n) is 17.5. The number of rotatable bonds is 5. The van der Waals surface area contributed by atoms with Crippen molar-refractivity contribution < 1.29 is 14.5 Å². The van der Waals surface area contributed by atoms with Crippen LogP contribution in [0.4, 0.5) is 5.82 Å². The average molecular weight is 479 g/mol. The van der Waals surface area contributed by atoms with Crippen LogP contribution in [0.2, 0.25) is 0 Å². The molecule has 0 aliphatic heterocycles. The number of nitrogens with zero attached hydrogens (tertiary/aromatic N) is 1. The number of pyridine rings is 1. The molecule has 0 atom stereocenters. The Bertz CT molecular complexity index is 1150. The maximum absolute atomic E-state index is 9.88. The molecule has 1 aromatic heterocycles. The van der Waals surface area contributed by atoms with Crippen LogP contribution in [0, 0.1) is 11.3 Å². The van der Waals surface area contributed by atoms with Gasteiger partial charge in [-0.2, -0.15) is 5.26 Å². The van der Waals surface area contributed by atoms with Gasteiger partial charge in [0.25, 0.3) is 5.82 Å². The molecular formula is C25H25BrN3O2+. The highest BCUT2D eigenvalue weighted by Crippen LogP contribution is 2.36. The van der Waals surface area contributed by atoms with Crippen molar-refractivity contribution in [1.29, 1.82) is 5.26 Å². The summed E-state index contributed by atoms with van der Waals surface area (Å²) in [5.74, 6) is 1.95. The molecule has 1 aliphatic rings. The maximum atomic E-state index is 9.88. The molecule has 6 heteroatoms. The number of H-pyrrole nitrogens is 1. The average Bonchev–Trinajstić information content (AvgIpc) is 3.01. The van der Waals surface area contributed by atoms with Crippen molar-refractivity contribution in [2.75, 3.05) is 12.8 Å². The lowest BCUT2D eigenvalue weighted by Crippen LogP contribution is -2.22. The van der Waals surface area contributed by atoms with Crippen molar-refractivity contribution in [3.63, 3.8) is 0 Å². The molecule has 1 heterocycles. The maximum Gasteiger partial charge on any atom is 0.289 e. The van der Waals surface area contributed by atoms with E-state index in [0.717, 1.165) is 64.0 Å². The lowest BCUT2D eigenvalue weighted by molar-refractivity contribution is -0.373. The first-order valence-corrected chi connectivity index (χ1v) is 11.2. The number of aryl methyl sites for hydroxylation is 1. The molecule has 5 nitrogen and oxygen atoms in total. The highest BCUT2D eigenvalue weighted by Gasteiger charge is 2.24. The van der Waals surface area contributed by atoms with E-state index in [2.05, 4.69) is 33.0 Å².